The fourth-order valence-electron chi connectivity index (χ4n) is 5.86. The monoisotopic (exact) mass is 522 g/mol. The molecule has 1 aliphatic rings. The van der Waals surface area contributed by atoms with Gasteiger partial charge in [0.1, 0.15) is 5.82 Å². The maximum Gasteiger partial charge on any atom is 0.203 e. The van der Waals surface area contributed by atoms with Gasteiger partial charge in [0, 0.05) is 23.1 Å². The van der Waals surface area contributed by atoms with E-state index in [-0.39, 0.29) is 11.7 Å². The number of nitriles is 1. The number of ether oxygens (including phenoxy) is 3. The molecule has 7 nitrogen and oxygen atoms in total. The van der Waals surface area contributed by atoms with E-state index in [1.165, 1.54) is 12.1 Å². The van der Waals surface area contributed by atoms with Crippen LogP contribution in [-0.2, 0) is 5.41 Å². The zero-order valence-corrected chi connectivity index (χ0v) is 23.1. The van der Waals surface area contributed by atoms with Gasteiger partial charge in [-0.15, -0.1) is 0 Å². The summed E-state index contributed by atoms with van der Waals surface area (Å²) >= 11 is 0. The second kappa shape index (κ2) is 12.0. The number of likely N-dealkylation sites (tertiary alicyclic amines) is 1. The van der Waals surface area contributed by atoms with Crippen molar-refractivity contribution >= 4 is 10.9 Å². The van der Waals surface area contributed by atoms with Crippen LogP contribution in [0.2, 0.25) is 0 Å². The molecule has 0 aliphatic carbocycles. The minimum atomic E-state index is -0.652. The summed E-state index contributed by atoms with van der Waals surface area (Å²) in [4.78, 5) is 2.51. The molecule has 2 heterocycles. The van der Waals surface area contributed by atoms with Crippen LogP contribution in [0.25, 0.3) is 10.9 Å². The van der Waals surface area contributed by atoms with Crippen LogP contribution >= 0.6 is 0 Å². The van der Waals surface area contributed by atoms with E-state index in [2.05, 4.69) is 35.0 Å². The predicted octanol–water partition coefficient (Wildman–Crippen LogP) is 6.20. The lowest BCUT2D eigenvalue weighted by atomic mass is 9.69. The van der Waals surface area contributed by atoms with Gasteiger partial charge in [-0.25, -0.2) is 4.39 Å². The minimum absolute atomic E-state index is 0.115. The van der Waals surface area contributed by atoms with Gasteiger partial charge in [-0.1, -0.05) is 20.3 Å². The van der Waals surface area contributed by atoms with Crippen molar-refractivity contribution in [3.63, 3.8) is 0 Å². The van der Waals surface area contributed by atoms with Crippen molar-refractivity contribution in [2.75, 3.05) is 41.0 Å². The van der Waals surface area contributed by atoms with Crippen molar-refractivity contribution in [2.24, 2.45) is 5.92 Å². The quantitative estimate of drug-likeness (QED) is 0.302. The Morgan fingerprint density at radius 1 is 1.08 bits per heavy atom. The highest BCUT2D eigenvalue weighted by Gasteiger charge is 2.37. The molecule has 8 heteroatoms. The SMILES string of the molecule is COc1cc(C(C#N)(CCCCN2CCC(c3[nH]nc4cc(F)ccc34)CC2)C(C)C)cc(OC)c1OC. The molecule has 1 N–H and O–H groups in total. The molecule has 1 saturated heterocycles. The number of nitrogens with one attached hydrogen (secondary N) is 1. The highest BCUT2D eigenvalue weighted by molar-refractivity contribution is 5.81. The van der Waals surface area contributed by atoms with E-state index < -0.39 is 5.41 Å². The van der Waals surface area contributed by atoms with Crippen molar-refractivity contribution in [1.29, 1.82) is 5.26 Å². The number of unbranched alkanes of at least 4 members (excludes halogenated alkanes) is 1. The first-order chi connectivity index (χ1) is 18.4. The van der Waals surface area contributed by atoms with Gasteiger partial charge in [0.15, 0.2) is 11.5 Å². The second-order valence-corrected chi connectivity index (χ2v) is 10.5. The van der Waals surface area contributed by atoms with Crippen molar-refractivity contribution in [2.45, 2.75) is 57.3 Å². The third kappa shape index (κ3) is 5.44. The lowest BCUT2D eigenvalue weighted by Crippen LogP contribution is -2.34. The third-order valence-corrected chi connectivity index (χ3v) is 8.20. The highest BCUT2D eigenvalue weighted by Crippen LogP contribution is 2.45. The molecular formula is C30H39FN4O3. The van der Waals surface area contributed by atoms with Crippen LogP contribution in [0.5, 0.6) is 17.2 Å². The third-order valence-electron chi connectivity index (χ3n) is 8.20. The molecule has 0 amide bonds. The molecule has 0 spiro atoms. The Hall–Kier alpha value is -3.31. The molecule has 1 atom stereocenters. The van der Waals surface area contributed by atoms with Crippen LogP contribution < -0.4 is 14.2 Å². The Balaban J connectivity index is 1.36. The summed E-state index contributed by atoms with van der Waals surface area (Å²) in [5.41, 5.74) is 2.07. The van der Waals surface area contributed by atoms with Crippen LogP contribution in [0.3, 0.4) is 0 Å². The van der Waals surface area contributed by atoms with Crippen LogP contribution in [0, 0.1) is 23.1 Å². The number of aromatic amines is 1. The van der Waals surface area contributed by atoms with Crippen LogP contribution in [0.1, 0.15) is 63.1 Å². The second-order valence-electron chi connectivity index (χ2n) is 10.5. The molecule has 1 aromatic heterocycles. The molecule has 2 aromatic carbocycles. The van der Waals surface area contributed by atoms with Crippen LogP contribution in [0.15, 0.2) is 30.3 Å². The Labute approximate surface area is 224 Å². The molecule has 0 bridgehead atoms. The lowest BCUT2D eigenvalue weighted by Gasteiger charge is -2.34. The van der Waals surface area contributed by atoms with E-state index in [0.29, 0.717) is 28.7 Å². The largest absolute Gasteiger partial charge is 0.493 e. The van der Waals surface area contributed by atoms with Gasteiger partial charge >= 0.3 is 0 Å². The van der Waals surface area contributed by atoms with E-state index in [1.54, 1.807) is 21.3 Å². The number of halogens is 1. The van der Waals surface area contributed by atoms with E-state index in [9.17, 15) is 9.65 Å². The van der Waals surface area contributed by atoms with E-state index in [0.717, 1.165) is 68.4 Å². The first-order valence-electron chi connectivity index (χ1n) is 13.4. The number of nitrogens with zero attached hydrogens (tertiary/aromatic N) is 3. The van der Waals surface area contributed by atoms with Crippen molar-refractivity contribution < 1.29 is 18.6 Å². The molecule has 0 saturated carbocycles. The predicted molar refractivity (Wildman–Crippen MR) is 147 cm³/mol. The molecule has 1 aliphatic heterocycles. The van der Waals surface area contributed by atoms with E-state index in [1.807, 2.05) is 18.2 Å². The molecular weight excluding hydrogens is 483 g/mol. The number of aromatic nitrogens is 2. The summed E-state index contributed by atoms with van der Waals surface area (Å²) in [5.74, 6) is 1.94. The summed E-state index contributed by atoms with van der Waals surface area (Å²) in [6, 6.07) is 11.3. The summed E-state index contributed by atoms with van der Waals surface area (Å²) in [6.45, 7) is 7.26. The Morgan fingerprint density at radius 2 is 1.76 bits per heavy atom. The van der Waals surface area contributed by atoms with E-state index in [4.69, 9.17) is 14.2 Å². The minimum Gasteiger partial charge on any atom is -0.493 e. The topological polar surface area (TPSA) is 83.4 Å². The maximum atomic E-state index is 13.5. The first-order valence-corrected chi connectivity index (χ1v) is 13.4. The summed E-state index contributed by atoms with van der Waals surface area (Å²) in [5, 5.41) is 18.9. The van der Waals surface area contributed by atoms with Gasteiger partial charge in [-0.2, -0.15) is 10.4 Å². The van der Waals surface area contributed by atoms with Gasteiger partial charge in [0.05, 0.1) is 38.3 Å². The van der Waals surface area contributed by atoms with Crippen LogP contribution in [-0.4, -0.2) is 56.1 Å². The molecule has 1 unspecified atom stereocenters. The van der Waals surface area contributed by atoms with Gasteiger partial charge in [-0.3, -0.25) is 5.10 Å². The van der Waals surface area contributed by atoms with Crippen molar-refractivity contribution in [3.8, 4) is 23.3 Å². The summed E-state index contributed by atoms with van der Waals surface area (Å²) < 4.78 is 30.1. The van der Waals surface area contributed by atoms with Gasteiger partial charge in [0.25, 0.3) is 0 Å². The summed E-state index contributed by atoms with van der Waals surface area (Å²) in [6.07, 6.45) is 4.83. The standard InChI is InChI=1S/C30H39FN4O3/c1-20(2)30(19-32,22-16-26(36-3)29(38-5)27(17-22)37-4)12-6-7-13-35-14-10-21(11-15-35)28-24-9-8-23(31)18-25(24)33-34-28/h8-9,16-18,20-21H,6-7,10-15H2,1-5H3,(H,33,34). The number of hydrogen-bond acceptors (Lipinski definition) is 6. The smallest absolute Gasteiger partial charge is 0.203 e. The Bertz CT molecular complexity index is 1250. The van der Waals surface area contributed by atoms with E-state index >= 15 is 0 Å². The number of methoxy groups -OCH3 is 3. The average molecular weight is 523 g/mol. The normalized spacial score (nSPS) is 16.4. The Kier molecular flexibility index (Phi) is 8.78. The van der Waals surface area contributed by atoms with Gasteiger partial charge < -0.3 is 19.1 Å². The zero-order valence-electron chi connectivity index (χ0n) is 23.1. The summed E-state index contributed by atoms with van der Waals surface area (Å²) in [7, 11) is 4.78. The number of rotatable bonds is 11. The fraction of sp³-hybridized carbons (Fsp3) is 0.533. The fourth-order valence-corrected chi connectivity index (χ4v) is 5.86. The number of fused-ring (bicyclic) bond motifs is 1. The molecule has 1 fully saturated rings. The lowest BCUT2D eigenvalue weighted by molar-refractivity contribution is 0.204. The average Bonchev–Trinajstić information content (AvgIpc) is 3.35. The number of piperidine rings is 1. The molecule has 4 rings (SSSR count). The van der Waals surface area contributed by atoms with Crippen molar-refractivity contribution in [1.82, 2.24) is 15.1 Å². The molecule has 3 aromatic rings. The number of H-pyrrole nitrogens is 1. The first kappa shape index (κ1) is 27.7. The van der Waals surface area contributed by atoms with Crippen molar-refractivity contribution in [3.05, 3.63) is 47.4 Å². The maximum absolute atomic E-state index is 13.5. The van der Waals surface area contributed by atoms with Gasteiger partial charge in [0.2, 0.25) is 5.75 Å². The molecule has 204 valence electrons. The Morgan fingerprint density at radius 3 is 2.34 bits per heavy atom. The van der Waals surface area contributed by atoms with Crippen LogP contribution in [0.4, 0.5) is 4.39 Å². The number of hydrogen-bond donors (Lipinski definition) is 1. The molecule has 0 radical (unpaired) electrons. The molecule has 38 heavy (non-hydrogen) atoms. The van der Waals surface area contributed by atoms with Gasteiger partial charge in [-0.05, 0) is 81.1 Å². The number of benzene rings is 2. The zero-order chi connectivity index (χ0) is 27.3. The highest BCUT2D eigenvalue weighted by atomic mass is 19.1.